The van der Waals surface area contributed by atoms with Crippen LogP contribution in [0.4, 0.5) is 5.69 Å². The molecule has 31 heavy (non-hydrogen) atoms. The van der Waals surface area contributed by atoms with Crippen molar-refractivity contribution in [2.45, 2.75) is 70.6 Å². The third kappa shape index (κ3) is 7.70. The maximum absolute atomic E-state index is 12.3. The predicted octanol–water partition coefficient (Wildman–Crippen LogP) is 6.28. The molecular formula is C26H36ClN3O. The van der Waals surface area contributed by atoms with Gasteiger partial charge in [-0.25, -0.2) is 0 Å². The van der Waals surface area contributed by atoms with Crippen molar-refractivity contribution < 1.29 is 4.79 Å². The van der Waals surface area contributed by atoms with E-state index < -0.39 is 5.41 Å². The molecule has 1 aliphatic carbocycles. The van der Waals surface area contributed by atoms with Crippen LogP contribution >= 0.6 is 12.4 Å². The number of hydrogen-bond donors (Lipinski definition) is 3. The minimum atomic E-state index is -0.750. The fraction of sp³-hybridized carbons (Fsp3) is 0.462. The minimum Gasteiger partial charge on any atom is -0.387 e. The molecular weight excluding hydrogens is 406 g/mol. The lowest BCUT2D eigenvalue weighted by Gasteiger charge is -2.13. The lowest BCUT2D eigenvalue weighted by Crippen LogP contribution is -2.35. The molecule has 0 aromatic heterocycles. The van der Waals surface area contributed by atoms with Crippen LogP contribution in [0.5, 0.6) is 0 Å². The molecule has 2 aromatic carbocycles. The Kier molecular flexibility index (Phi) is 10.1. The quantitative estimate of drug-likeness (QED) is 0.194. The topological polar surface area (TPSA) is 79.0 Å². The molecule has 2 aromatic rings. The Hall–Kier alpha value is -2.33. The maximum Gasteiger partial charge on any atom is 0.238 e. The summed E-state index contributed by atoms with van der Waals surface area (Å²) in [5, 5.41) is 10.5. The first kappa shape index (κ1) is 24.9. The Bertz CT molecular complexity index is 816. The van der Waals surface area contributed by atoms with Crippen LogP contribution in [0.15, 0.2) is 54.6 Å². The number of carbonyl (C=O) groups excluding carboxylic acids is 1. The summed E-state index contributed by atoms with van der Waals surface area (Å²) in [5.74, 6) is -0.167. The molecule has 4 N–H and O–H groups in total. The van der Waals surface area contributed by atoms with Crippen LogP contribution in [0.3, 0.4) is 0 Å². The molecule has 0 unspecified atom stereocenters. The summed E-state index contributed by atoms with van der Waals surface area (Å²) in [7, 11) is 0. The van der Waals surface area contributed by atoms with Gasteiger partial charge in [-0.1, -0.05) is 74.6 Å². The SMILES string of the molecule is Cl.N=C(N)C1(C(=O)Nc2ccc(CCCCCCCCCc3ccccc3)cc2)CC1. The third-order valence-corrected chi connectivity index (χ3v) is 6.19. The second-order valence-electron chi connectivity index (χ2n) is 8.61. The van der Waals surface area contributed by atoms with Gasteiger partial charge in [0.25, 0.3) is 0 Å². The van der Waals surface area contributed by atoms with Crippen molar-refractivity contribution >= 4 is 29.8 Å². The number of benzene rings is 2. The van der Waals surface area contributed by atoms with E-state index in [0.717, 1.165) is 12.1 Å². The van der Waals surface area contributed by atoms with Gasteiger partial charge in [-0.3, -0.25) is 10.2 Å². The third-order valence-electron chi connectivity index (χ3n) is 6.19. The van der Waals surface area contributed by atoms with Crippen LogP contribution in [-0.4, -0.2) is 11.7 Å². The second kappa shape index (κ2) is 12.5. The Balaban J connectivity index is 0.00000341. The number of hydrogen-bond acceptors (Lipinski definition) is 2. The van der Waals surface area contributed by atoms with E-state index in [1.54, 1.807) is 0 Å². The smallest absolute Gasteiger partial charge is 0.238 e. The molecule has 5 heteroatoms. The van der Waals surface area contributed by atoms with E-state index >= 15 is 0 Å². The van der Waals surface area contributed by atoms with Gasteiger partial charge < -0.3 is 11.1 Å². The summed E-state index contributed by atoms with van der Waals surface area (Å²) in [6.07, 6.45) is 12.7. The molecule has 0 heterocycles. The molecule has 1 amide bonds. The number of aryl methyl sites for hydroxylation is 2. The summed E-state index contributed by atoms with van der Waals surface area (Å²) < 4.78 is 0. The van der Waals surface area contributed by atoms with Crippen molar-refractivity contribution in [1.82, 2.24) is 0 Å². The fourth-order valence-electron chi connectivity index (χ4n) is 3.94. The first-order valence-corrected chi connectivity index (χ1v) is 11.4. The van der Waals surface area contributed by atoms with Crippen LogP contribution in [-0.2, 0) is 17.6 Å². The molecule has 4 nitrogen and oxygen atoms in total. The highest BCUT2D eigenvalue weighted by atomic mass is 35.5. The highest BCUT2D eigenvalue weighted by molar-refractivity contribution is 6.13. The van der Waals surface area contributed by atoms with Gasteiger partial charge in [-0.15, -0.1) is 12.4 Å². The van der Waals surface area contributed by atoms with Gasteiger partial charge in [-0.2, -0.15) is 0 Å². The van der Waals surface area contributed by atoms with Gasteiger partial charge >= 0.3 is 0 Å². The zero-order valence-corrected chi connectivity index (χ0v) is 19.2. The number of rotatable bonds is 13. The number of amides is 1. The normalized spacial score (nSPS) is 13.8. The van der Waals surface area contributed by atoms with E-state index in [1.807, 2.05) is 12.1 Å². The van der Waals surface area contributed by atoms with Gasteiger partial charge in [0, 0.05) is 5.69 Å². The van der Waals surface area contributed by atoms with E-state index in [2.05, 4.69) is 47.8 Å². The predicted molar refractivity (Wildman–Crippen MR) is 132 cm³/mol. The average molecular weight is 442 g/mol. The van der Waals surface area contributed by atoms with E-state index in [9.17, 15) is 4.79 Å². The highest BCUT2D eigenvalue weighted by Crippen LogP contribution is 2.46. The van der Waals surface area contributed by atoms with Gasteiger partial charge in [0.1, 0.15) is 11.3 Å². The maximum atomic E-state index is 12.3. The van der Waals surface area contributed by atoms with Crippen molar-refractivity contribution in [1.29, 1.82) is 5.41 Å². The van der Waals surface area contributed by atoms with Crippen LogP contribution < -0.4 is 11.1 Å². The van der Waals surface area contributed by atoms with Crippen molar-refractivity contribution in [3.05, 3.63) is 65.7 Å². The van der Waals surface area contributed by atoms with Gasteiger partial charge in [0.05, 0.1) is 0 Å². The molecule has 3 rings (SSSR count). The van der Waals surface area contributed by atoms with E-state index in [4.69, 9.17) is 11.1 Å². The first-order chi connectivity index (χ1) is 14.6. The van der Waals surface area contributed by atoms with Crippen LogP contribution in [0.1, 0.15) is 68.9 Å². The molecule has 0 bridgehead atoms. The number of unbranched alkanes of at least 4 members (excludes halogenated alkanes) is 6. The average Bonchev–Trinajstić information content (AvgIpc) is 3.57. The molecule has 0 atom stereocenters. The first-order valence-electron chi connectivity index (χ1n) is 11.4. The fourth-order valence-corrected chi connectivity index (χ4v) is 3.94. The van der Waals surface area contributed by atoms with Gasteiger partial charge in [-0.05, 0) is 61.8 Å². The molecule has 0 spiro atoms. The molecule has 0 aliphatic heterocycles. The monoisotopic (exact) mass is 441 g/mol. The number of nitrogens with one attached hydrogen (secondary N) is 2. The summed E-state index contributed by atoms with van der Waals surface area (Å²) >= 11 is 0. The Morgan fingerprint density at radius 2 is 1.29 bits per heavy atom. The van der Waals surface area contributed by atoms with Crippen molar-refractivity contribution in [3.8, 4) is 0 Å². The van der Waals surface area contributed by atoms with Crippen LogP contribution in [0.25, 0.3) is 0 Å². The minimum absolute atomic E-state index is 0. The number of carbonyl (C=O) groups is 1. The van der Waals surface area contributed by atoms with Crippen molar-refractivity contribution in [3.63, 3.8) is 0 Å². The summed E-state index contributed by atoms with van der Waals surface area (Å²) in [6.45, 7) is 0. The summed E-state index contributed by atoms with van der Waals surface area (Å²) in [6, 6.07) is 18.8. The number of amidine groups is 1. The lowest BCUT2D eigenvalue weighted by atomic mass is 10.0. The molecule has 1 saturated carbocycles. The van der Waals surface area contributed by atoms with Crippen molar-refractivity contribution in [2.75, 3.05) is 5.32 Å². The van der Waals surface area contributed by atoms with Crippen LogP contribution in [0, 0.1) is 10.8 Å². The highest BCUT2D eigenvalue weighted by Gasteiger charge is 2.53. The zero-order chi connectivity index (χ0) is 21.2. The number of anilines is 1. The molecule has 168 valence electrons. The molecule has 1 fully saturated rings. The van der Waals surface area contributed by atoms with Crippen LogP contribution in [0.2, 0.25) is 0 Å². The second-order valence-corrected chi connectivity index (χ2v) is 8.61. The number of halogens is 1. The molecule has 0 saturated heterocycles. The van der Waals surface area contributed by atoms with E-state index in [0.29, 0.717) is 12.8 Å². The zero-order valence-electron chi connectivity index (χ0n) is 18.4. The summed E-state index contributed by atoms with van der Waals surface area (Å²) in [4.78, 5) is 12.3. The number of nitrogens with two attached hydrogens (primary N) is 1. The Morgan fingerprint density at radius 1 is 0.806 bits per heavy atom. The summed E-state index contributed by atoms with van der Waals surface area (Å²) in [5.41, 5.74) is 8.37. The van der Waals surface area contributed by atoms with Crippen molar-refractivity contribution in [2.24, 2.45) is 11.1 Å². The molecule has 1 aliphatic rings. The Labute approximate surface area is 192 Å². The molecule has 0 radical (unpaired) electrons. The van der Waals surface area contributed by atoms with E-state index in [1.165, 1.54) is 62.5 Å². The standard InChI is InChI=1S/C26H35N3O.ClH/c27-24(28)26(19-20-26)25(30)29-23-17-15-22(16-18-23)14-8-5-3-1-2-4-7-11-21-12-9-6-10-13-21;/h6,9-10,12-13,15-18H,1-5,7-8,11,14,19-20H2,(H3,27,28)(H,29,30);1H. The van der Waals surface area contributed by atoms with Gasteiger partial charge in [0.2, 0.25) is 5.91 Å². The Morgan fingerprint density at radius 3 is 1.77 bits per heavy atom. The lowest BCUT2D eigenvalue weighted by molar-refractivity contribution is -0.119. The van der Waals surface area contributed by atoms with Gasteiger partial charge in [0.15, 0.2) is 0 Å². The van der Waals surface area contributed by atoms with E-state index in [-0.39, 0.29) is 24.1 Å². The largest absolute Gasteiger partial charge is 0.387 e.